The molecule has 0 amide bonds. The standard InChI is InChI=1S/C28H29N5OS/c1-34-23-15-13-22(14-16-23)32-19-7-12-25(32)27-26(24-11-5-6-17-30-24)31-28(35)33(27)20-8-18-29-21-9-3-2-4-10-21/h2-7,9-17,19,26-27,29H,8,18,20H2,1H3,(H,31,35)/t26-,27-/m1/s1. The first-order valence-corrected chi connectivity index (χ1v) is 12.2. The molecule has 178 valence electrons. The minimum atomic E-state index is -0.0438. The smallest absolute Gasteiger partial charge is 0.170 e. The van der Waals surface area contributed by atoms with E-state index >= 15 is 0 Å². The second-order valence-electron chi connectivity index (χ2n) is 8.47. The van der Waals surface area contributed by atoms with Gasteiger partial charge in [-0.1, -0.05) is 24.3 Å². The Balaban J connectivity index is 1.42. The molecule has 1 fully saturated rings. The summed E-state index contributed by atoms with van der Waals surface area (Å²) in [5, 5.41) is 7.82. The number of thiocarbonyl (C=S) groups is 1. The Morgan fingerprint density at radius 3 is 2.51 bits per heavy atom. The lowest BCUT2D eigenvalue weighted by molar-refractivity contribution is 0.307. The molecule has 1 aliphatic heterocycles. The number of ether oxygens (including phenoxy) is 1. The second-order valence-corrected chi connectivity index (χ2v) is 8.85. The van der Waals surface area contributed by atoms with Gasteiger partial charge in [0.25, 0.3) is 0 Å². The molecule has 5 rings (SSSR count). The summed E-state index contributed by atoms with van der Waals surface area (Å²) in [5.41, 5.74) is 4.35. The summed E-state index contributed by atoms with van der Waals surface area (Å²) in [5.74, 6) is 0.838. The van der Waals surface area contributed by atoms with Crippen LogP contribution in [0, 0.1) is 0 Å². The number of aromatic nitrogens is 2. The van der Waals surface area contributed by atoms with Gasteiger partial charge < -0.3 is 24.8 Å². The Bertz CT molecular complexity index is 1240. The molecule has 1 saturated heterocycles. The monoisotopic (exact) mass is 483 g/mol. The van der Waals surface area contributed by atoms with Gasteiger partial charge in [0.15, 0.2) is 5.11 Å². The molecular formula is C28H29N5OS. The van der Waals surface area contributed by atoms with Crippen molar-refractivity contribution in [2.75, 3.05) is 25.5 Å². The molecule has 6 nitrogen and oxygen atoms in total. The minimum Gasteiger partial charge on any atom is -0.497 e. The van der Waals surface area contributed by atoms with E-state index in [0.717, 1.165) is 53.1 Å². The van der Waals surface area contributed by atoms with E-state index in [1.54, 1.807) is 7.11 Å². The fourth-order valence-electron chi connectivity index (χ4n) is 4.62. The van der Waals surface area contributed by atoms with Gasteiger partial charge in [0.1, 0.15) is 5.75 Å². The molecule has 0 radical (unpaired) electrons. The van der Waals surface area contributed by atoms with E-state index in [2.05, 4.69) is 73.7 Å². The normalized spacial score (nSPS) is 17.3. The maximum atomic E-state index is 5.85. The van der Waals surface area contributed by atoms with Gasteiger partial charge in [-0.15, -0.1) is 0 Å². The van der Waals surface area contributed by atoms with Crippen molar-refractivity contribution in [2.24, 2.45) is 0 Å². The lowest BCUT2D eigenvalue weighted by Gasteiger charge is -2.29. The summed E-state index contributed by atoms with van der Waals surface area (Å²) in [6.45, 7) is 1.69. The Morgan fingerprint density at radius 1 is 0.971 bits per heavy atom. The molecule has 0 bridgehead atoms. The molecule has 3 heterocycles. The van der Waals surface area contributed by atoms with E-state index in [9.17, 15) is 0 Å². The molecule has 4 aromatic rings. The molecule has 0 aliphatic carbocycles. The molecule has 2 atom stereocenters. The SMILES string of the molecule is COc1ccc(-n2cccc2[C@@H]2[C@@H](c3ccccn3)NC(=S)N2CCCNc2ccccc2)cc1. The summed E-state index contributed by atoms with van der Waals surface area (Å²) < 4.78 is 7.58. The van der Waals surface area contributed by atoms with E-state index in [1.807, 2.05) is 48.7 Å². The number of nitrogens with zero attached hydrogens (tertiary/aromatic N) is 3. The van der Waals surface area contributed by atoms with Gasteiger partial charge in [-0.25, -0.2) is 0 Å². The van der Waals surface area contributed by atoms with Crippen LogP contribution in [-0.4, -0.2) is 39.8 Å². The van der Waals surface area contributed by atoms with Gasteiger partial charge in [0, 0.05) is 42.6 Å². The summed E-state index contributed by atoms with van der Waals surface area (Å²) in [6, 6.07) is 28.7. The van der Waals surface area contributed by atoms with Crippen molar-refractivity contribution in [3.63, 3.8) is 0 Å². The third kappa shape index (κ3) is 5.00. The topological polar surface area (TPSA) is 54.4 Å². The van der Waals surface area contributed by atoms with Gasteiger partial charge in [0.05, 0.1) is 24.9 Å². The predicted octanol–water partition coefficient (Wildman–Crippen LogP) is 5.36. The van der Waals surface area contributed by atoms with Crippen LogP contribution in [0.2, 0.25) is 0 Å². The molecular weight excluding hydrogens is 454 g/mol. The highest BCUT2D eigenvalue weighted by molar-refractivity contribution is 7.80. The maximum Gasteiger partial charge on any atom is 0.170 e. The van der Waals surface area contributed by atoms with Crippen LogP contribution in [0.4, 0.5) is 5.69 Å². The molecule has 2 aromatic heterocycles. The summed E-state index contributed by atoms with van der Waals surface area (Å²) in [6.07, 6.45) is 4.89. The molecule has 2 aromatic carbocycles. The Kier molecular flexibility index (Phi) is 6.95. The Hall–Kier alpha value is -3.84. The number of pyridine rings is 1. The highest BCUT2D eigenvalue weighted by atomic mass is 32.1. The van der Waals surface area contributed by atoms with E-state index < -0.39 is 0 Å². The lowest BCUT2D eigenvalue weighted by Crippen LogP contribution is -2.32. The van der Waals surface area contributed by atoms with Crippen LogP contribution in [0.3, 0.4) is 0 Å². The zero-order valence-electron chi connectivity index (χ0n) is 19.7. The zero-order chi connectivity index (χ0) is 24.0. The van der Waals surface area contributed by atoms with Gasteiger partial charge in [0.2, 0.25) is 0 Å². The van der Waals surface area contributed by atoms with Gasteiger partial charge >= 0.3 is 0 Å². The number of para-hydroxylation sites is 1. The van der Waals surface area contributed by atoms with Crippen LogP contribution in [0.25, 0.3) is 5.69 Å². The van der Waals surface area contributed by atoms with E-state index in [0.29, 0.717) is 0 Å². The van der Waals surface area contributed by atoms with Crippen LogP contribution in [-0.2, 0) is 0 Å². The molecule has 0 unspecified atom stereocenters. The van der Waals surface area contributed by atoms with E-state index in [4.69, 9.17) is 17.0 Å². The summed E-state index contributed by atoms with van der Waals surface area (Å²) in [4.78, 5) is 6.97. The highest BCUT2D eigenvalue weighted by Crippen LogP contribution is 2.39. The number of hydrogen-bond donors (Lipinski definition) is 2. The van der Waals surface area contributed by atoms with Crippen LogP contribution in [0.5, 0.6) is 5.75 Å². The Labute approximate surface area is 211 Å². The van der Waals surface area contributed by atoms with Crippen molar-refractivity contribution in [3.8, 4) is 11.4 Å². The van der Waals surface area contributed by atoms with Crippen LogP contribution in [0.15, 0.2) is 97.3 Å². The van der Waals surface area contributed by atoms with Crippen LogP contribution in [0.1, 0.15) is 29.9 Å². The largest absolute Gasteiger partial charge is 0.497 e. The summed E-state index contributed by atoms with van der Waals surface area (Å²) in [7, 11) is 1.68. The van der Waals surface area contributed by atoms with E-state index in [1.165, 1.54) is 0 Å². The minimum absolute atomic E-state index is 0.00577. The quantitative estimate of drug-likeness (QED) is 0.247. The zero-order valence-corrected chi connectivity index (χ0v) is 20.5. The fraction of sp³-hybridized carbons (Fsp3) is 0.214. The molecule has 0 saturated carbocycles. The van der Waals surface area contributed by atoms with Gasteiger partial charge in [-0.05, 0) is 79.3 Å². The van der Waals surface area contributed by atoms with Crippen molar-refractivity contribution in [2.45, 2.75) is 18.5 Å². The van der Waals surface area contributed by atoms with Crippen LogP contribution >= 0.6 is 12.2 Å². The van der Waals surface area contributed by atoms with Crippen molar-refractivity contribution in [1.82, 2.24) is 19.8 Å². The third-order valence-electron chi connectivity index (χ3n) is 6.31. The predicted molar refractivity (Wildman–Crippen MR) is 144 cm³/mol. The van der Waals surface area contributed by atoms with Crippen LogP contribution < -0.4 is 15.4 Å². The van der Waals surface area contributed by atoms with Gasteiger partial charge in [-0.3, -0.25) is 4.98 Å². The highest BCUT2D eigenvalue weighted by Gasteiger charge is 2.40. The molecule has 0 spiro atoms. The van der Waals surface area contributed by atoms with Gasteiger partial charge in [-0.2, -0.15) is 0 Å². The molecule has 7 heteroatoms. The van der Waals surface area contributed by atoms with E-state index in [-0.39, 0.29) is 12.1 Å². The number of rotatable bonds is 9. The number of hydrogen-bond acceptors (Lipinski definition) is 4. The second kappa shape index (κ2) is 10.6. The number of methoxy groups -OCH3 is 1. The van der Waals surface area contributed by atoms with Crippen molar-refractivity contribution >= 4 is 23.0 Å². The lowest BCUT2D eigenvalue weighted by atomic mass is 10.0. The Morgan fingerprint density at radius 2 is 1.77 bits per heavy atom. The first-order chi connectivity index (χ1) is 17.2. The third-order valence-corrected chi connectivity index (χ3v) is 6.66. The number of anilines is 1. The molecule has 2 N–H and O–H groups in total. The average Bonchev–Trinajstić information content (AvgIpc) is 3.52. The summed E-state index contributed by atoms with van der Waals surface area (Å²) >= 11 is 5.85. The first-order valence-electron chi connectivity index (χ1n) is 11.8. The van der Waals surface area contributed by atoms with Crippen molar-refractivity contribution < 1.29 is 4.74 Å². The van der Waals surface area contributed by atoms with Crippen molar-refractivity contribution in [3.05, 3.63) is 109 Å². The fourth-order valence-corrected chi connectivity index (χ4v) is 4.95. The number of nitrogens with one attached hydrogen (secondary N) is 2. The average molecular weight is 484 g/mol. The number of benzene rings is 2. The van der Waals surface area contributed by atoms with Crippen molar-refractivity contribution in [1.29, 1.82) is 0 Å². The maximum absolute atomic E-state index is 5.85. The molecule has 1 aliphatic rings. The first kappa shape index (κ1) is 22.9. The molecule has 35 heavy (non-hydrogen) atoms.